The van der Waals surface area contributed by atoms with Gasteiger partial charge in [0.25, 0.3) is 5.82 Å². The van der Waals surface area contributed by atoms with Gasteiger partial charge in [0.2, 0.25) is 0 Å². The molecule has 0 spiro atoms. The summed E-state index contributed by atoms with van der Waals surface area (Å²) in [6.07, 6.45) is -2.40. The van der Waals surface area contributed by atoms with E-state index < -0.39 is 11.7 Å². The highest BCUT2D eigenvalue weighted by atomic mass is 32.1. The molecule has 2 N–H and O–H groups in total. The summed E-state index contributed by atoms with van der Waals surface area (Å²) in [5, 5.41) is 3.86. The van der Waals surface area contributed by atoms with Crippen LogP contribution in [0.1, 0.15) is 18.9 Å². The van der Waals surface area contributed by atoms with E-state index in [4.69, 9.17) is 12.2 Å². The number of hydrogen-bond acceptors (Lipinski definition) is 2. The molecule has 1 aliphatic rings. The van der Waals surface area contributed by atoms with Crippen molar-refractivity contribution in [3.05, 3.63) is 23.9 Å². The maximum absolute atomic E-state index is 12.6. The van der Waals surface area contributed by atoms with Gasteiger partial charge in [0, 0.05) is 25.6 Å². The van der Waals surface area contributed by atoms with Gasteiger partial charge in [0.15, 0.2) is 5.11 Å². The summed E-state index contributed by atoms with van der Waals surface area (Å²) in [5.41, 5.74) is -0.666. The first-order chi connectivity index (χ1) is 10.4. The summed E-state index contributed by atoms with van der Waals surface area (Å²) in [6, 6.07) is 2.60. The van der Waals surface area contributed by atoms with Crippen molar-refractivity contribution >= 4 is 23.1 Å². The average molecular weight is 333 g/mol. The predicted molar refractivity (Wildman–Crippen MR) is 82.7 cm³/mol. The van der Waals surface area contributed by atoms with Crippen molar-refractivity contribution in [3.8, 4) is 0 Å². The molecule has 8 heteroatoms. The lowest BCUT2D eigenvalue weighted by Gasteiger charge is -2.22. The highest BCUT2D eigenvalue weighted by Gasteiger charge is 2.32. The van der Waals surface area contributed by atoms with Crippen LogP contribution in [0.3, 0.4) is 0 Å². The molecule has 1 aliphatic heterocycles. The minimum atomic E-state index is -4.32. The van der Waals surface area contributed by atoms with Crippen molar-refractivity contribution in [2.45, 2.75) is 19.5 Å². The smallest absolute Gasteiger partial charge is 0.363 e. The molecule has 4 nitrogen and oxygen atoms in total. The molecule has 0 unspecified atom stereocenters. The number of hydrogen-bond donors (Lipinski definition) is 1. The van der Waals surface area contributed by atoms with Crippen LogP contribution in [0.4, 0.5) is 19.0 Å². The molecular formula is C14H20F3N4S+. The van der Waals surface area contributed by atoms with Crippen LogP contribution in [-0.2, 0) is 6.18 Å². The first-order valence-corrected chi connectivity index (χ1v) is 7.69. The molecule has 2 rings (SSSR count). The highest BCUT2D eigenvalue weighted by molar-refractivity contribution is 7.80. The molecule has 0 radical (unpaired) electrons. The standard InChI is InChI=1S/C14H19F3N4S/c1-2-18-13(22)21-7-3-6-20(8-9-21)12-5-4-11(10-19-12)14(15,16)17/h4-5,10H,2-3,6-9H2,1H3,(H,18,22)/p+1. The van der Waals surface area contributed by atoms with Gasteiger partial charge in [-0.3, -0.25) is 4.90 Å². The summed E-state index contributed by atoms with van der Waals surface area (Å²) < 4.78 is 37.7. The summed E-state index contributed by atoms with van der Waals surface area (Å²) >= 11 is 5.31. The number of aromatic amines is 1. The van der Waals surface area contributed by atoms with Crippen LogP contribution in [0.15, 0.2) is 18.3 Å². The SMILES string of the molecule is CCNC(=S)N1CCCN(c2ccc(C(F)(F)F)c[nH+]2)CC1. The van der Waals surface area contributed by atoms with Gasteiger partial charge >= 0.3 is 6.18 Å². The third-order valence-electron chi connectivity index (χ3n) is 3.58. The highest BCUT2D eigenvalue weighted by Crippen LogP contribution is 2.28. The van der Waals surface area contributed by atoms with E-state index in [1.807, 2.05) is 6.92 Å². The lowest BCUT2D eigenvalue weighted by atomic mass is 10.2. The minimum Gasteiger partial charge on any atom is -0.363 e. The zero-order valence-electron chi connectivity index (χ0n) is 12.4. The number of pyridine rings is 1. The minimum absolute atomic E-state index is 0.666. The maximum atomic E-state index is 12.6. The van der Waals surface area contributed by atoms with E-state index in [0.717, 1.165) is 50.0 Å². The quantitative estimate of drug-likeness (QED) is 0.839. The van der Waals surface area contributed by atoms with Gasteiger partial charge in [-0.1, -0.05) is 0 Å². The first kappa shape index (κ1) is 16.8. The molecule has 0 aliphatic carbocycles. The van der Waals surface area contributed by atoms with E-state index >= 15 is 0 Å². The van der Waals surface area contributed by atoms with Gasteiger partial charge in [0.05, 0.1) is 18.7 Å². The maximum Gasteiger partial charge on any atom is 0.419 e. The Kier molecular flexibility index (Phi) is 5.44. The van der Waals surface area contributed by atoms with Crippen molar-refractivity contribution in [3.63, 3.8) is 0 Å². The second kappa shape index (κ2) is 7.13. The zero-order chi connectivity index (χ0) is 16.2. The molecule has 1 aromatic heterocycles. The molecule has 0 amide bonds. The molecule has 22 heavy (non-hydrogen) atoms. The Morgan fingerprint density at radius 1 is 1.27 bits per heavy atom. The number of rotatable bonds is 2. The van der Waals surface area contributed by atoms with Crippen LogP contribution in [0.2, 0.25) is 0 Å². The fourth-order valence-corrected chi connectivity index (χ4v) is 2.74. The molecule has 1 fully saturated rings. The van der Waals surface area contributed by atoms with Gasteiger partial charge in [-0.15, -0.1) is 0 Å². The van der Waals surface area contributed by atoms with E-state index in [-0.39, 0.29) is 0 Å². The van der Waals surface area contributed by atoms with Gasteiger partial charge < -0.3 is 10.2 Å². The van der Waals surface area contributed by atoms with Crippen molar-refractivity contribution in [1.29, 1.82) is 0 Å². The van der Waals surface area contributed by atoms with E-state index in [0.29, 0.717) is 12.4 Å². The molecule has 1 saturated heterocycles. The molecule has 2 heterocycles. The summed E-state index contributed by atoms with van der Waals surface area (Å²) in [7, 11) is 0. The van der Waals surface area contributed by atoms with Crippen LogP contribution in [0, 0.1) is 0 Å². The average Bonchev–Trinajstić information content (AvgIpc) is 2.73. The number of alkyl halides is 3. The lowest BCUT2D eigenvalue weighted by Crippen LogP contribution is -2.42. The Balaban J connectivity index is 2.00. The van der Waals surface area contributed by atoms with Crippen LogP contribution in [0.5, 0.6) is 0 Å². The van der Waals surface area contributed by atoms with Crippen LogP contribution >= 0.6 is 12.2 Å². The van der Waals surface area contributed by atoms with E-state index in [9.17, 15) is 13.2 Å². The van der Waals surface area contributed by atoms with E-state index in [2.05, 4.69) is 20.1 Å². The normalized spacial score (nSPS) is 16.4. The number of anilines is 1. The topological polar surface area (TPSA) is 32.6 Å². The third-order valence-corrected chi connectivity index (χ3v) is 3.98. The van der Waals surface area contributed by atoms with Gasteiger partial charge in [-0.2, -0.15) is 13.2 Å². The van der Waals surface area contributed by atoms with Crippen molar-refractivity contribution in [2.24, 2.45) is 0 Å². The molecule has 0 bridgehead atoms. The van der Waals surface area contributed by atoms with Crippen LogP contribution in [0.25, 0.3) is 0 Å². The molecule has 122 valence electrons. The Labute approximate surface area is 133 Å². The van der Waals surface area contributed by atoms with Gasteiger partial charge in [-0.25, -0.2) is 4.98 Å². The molecule has 0 atom stereocenters. The van der Waals surface area contributed by atoms with Crippen molar-refractivity contribution in [1.82, 2.24) is 10.2 Å². The Hall–Kier alpha value is -1.57. The zero-order valence-corrected chi connectivity index (χ0v) is 13.2. The van der Waals surface area contributed by atoms with Crippen LogP contribution in [-0.4, -0.2) is 42.7 Å². The number of aromatic nitrogens is 1. The largest absolute Gasteiger partial charge is 0.419 e. The summed E-state index contributed by atoms with van der Waals surface area (Å²) in [6.45, 7) is 5.88. The Morgan fingerprint density at radius 2 is 2.05 bits per heavy atom. The molecular weight excluding hydrogens is 313 g/mol. The first-order valence-electron chi connectivity index (χ1n) is 7.28. The van der Waals surface area contributed by atoms with Crippen molar-refractivity contribution < 1.29 is 18.2 Å². The predicted octanol–water partition coefficient (Wildman–Crippen LogP) is 1.93. The number of nitrogens with zero attached hydrogens (tertiary/aromatic N) is 2. The second-order valence-corrected chi connectivity index (χ2v) is 5.51. The number of H-pyrrole nitrogens is 1. The fraction of sp³-hybridized carbons (Fsp3) is 0.571. The summed E-state index contributed by atoms with van der Waals surface area (Å²) in [4.78, 5) is 6.90. The monoisotopic (exact) mass is 333 g/mol. The fourth-order valence-electron chi connectivity index (χ4n) is 2.41. The lowest BCUT2D eigenvalue weighted by molar-refractivity contribution is -0.367. The van der Waals surface area contributed by atoms with Crippen molar-refractivity contribution in [2.75, 3.05) is 37.6 Å². The molecule has 1 aromatic rings. The molecule has 0 aromatic carbocycles. The Morgan fingerprint density at radius 3 is 2.64 bits per heavy atom. The number of nitrogens with one attached hydrogen (secondary N) is 2. The van der Waals surface area contributed by atoms with Gasteiger partial charge in [-0.05, 0) is 25.2 Å². The third kappa shape index (κ3) is 4.22. The Bertz CT molecular complexity index is 504. The van der Waals surface area contributed by atoms with Gasteiger partial charge in [0.1, 0.15) is 12.7 Å². The van der Waals surface area contributed by atoms with E-state index in [1.165, 1.54) is 6.07 Å². The second-order valence-electron chi connectivity index (χ2n) is 5.12. The van der Waals surface area contributed by atoms with Crippen LogP contribution < -0.4 is 15.2 Å². The molecule has 0 saturated carbocycles. The van der Waals surface area contributed by atoms with E-state index in [1.54, 1.807) is 0 Å². The summed E-state index contributed by atoms with van der Waals surface area (Å²) in [5.74, 6) is 0.698. The number of halogens is 3. The number of thiocarbonyl (C=S) groups is 1.